The quantitative estimate of drug-likeness (QED) is 0.839. The SMILES string of the molecule is COc1cc(F)ccc1NC1CC(NC(=O)OCc2ccccc2)C1. The van der Waals surface area contributed by atoms with Crippen molar-refractivity contribution in [2.24, 2.45) is 0 Å². The number of ether oxygens (including phenoxy) is 2. The molecule has 1 aliphatic rings. The zero-order valence-electron chi connectivity index (χ0n) is 14.0. The molecule has 0 aliphatic heterocycles. The third-order valence-corrected chi connectivity index (χ3v) is 4.20. The number of alkyl carbamates (subject to hydrolysis) is 1. The van der Waals surface area contributed by atoms with Crippen LogP contribution in [0.15, 0.2) is 48.5 Å². The van der Waals surface area contributed by atoms with Gasteiger partial charge in [0, 0.05) is 18.2 Å². The molecular formula is C19H21FN2O3. The molecule has 1 saturated carbocycles. The molecule has 0 saturated heterocycles. The Morgan fingerprint density at radius 2 is 1.92 bits per heavy atom. The minimum Gasteiger partial charge on any atom is -0.494 e. The van der Waals surface area contributed by atoms with Crippen molar-refractivity contribution >= 4 is 11.8 Å². The smallest absolute Gasteiger partial charge is 0.407 e. The van der Waals surface area contributed by atoms with Gasteiger partial charge in [0.05, 0.1) is 12.8 Å². The Kier molecular flexibility index (Phi) is 5.38. The first-order valence-electron chi connectivity index (χ1n) is 8.21. The Morgan fingerprint density at radius 1 is 1.16 bits per heavy atom. The second-order valence-corrected chi connectivity index (χ2v) is 6.06. The highest BCUT2D eigenvalue weighted by Gasteiger charge is 2.31. The maximum atomic E-state index is 13.2. The number of carbonyl (C=O) groups is 1. The summed E-state index contributed by atoms with van der Waals surface area (Å²) in [4.78, 5) is 11.8. The van der Waals surface area contributed by atoms with Gasteiger partial charge < -0.3 is 20.1 Å². The van der Waals surface area contributed by atoms with Crippen LogP contribution < -0.4 is 15.4 Å². The van der Waals surface area contributed by atoms with Crippen LogP contribution in [0.4, 0.5) is 14.9 Å². The summed E-state index contributed by atoms with van der Waals surface area (Å²) in [7, 11) is 1.51. The van der Waals surface area contributed by atoms with Crippen LogP contribution in [0.2, 0.25) is 0 Å². The molecule has 1 amide bonds. The zero-order valence-corrected chi connectivity index (χ0v) is 14.0. The lowest BCUT2D eigenvalue weighted by Crippen LogP contribution is -2.49. The molecule has 0 aromatic heterocycles. The van der Waals surface area contributed by atoms with E-state index in [-0.39, 0.29) is 24.5 Å². The molecule has 1 fully saturated rings. The van der Waals surface area contributed by atoms with E-state index in [1.54, 1.807) is 6.07 Å². The largest absolute Gasteiger partial charge is 0.494 e. The van der Waals surface area contributed by atoms with Crippen molar-refractivity contribution in [3.8, 4) is 5.75 Å². The first kappa shape index (κ1) is 17.1. The molecule has 0 heterocycles. The first-order chi connectivity index (χ1) is 12.1. The van der Waals surface area contributed by atoms with E-state index >= 15 is 0 Å². The van der Waals surface area contributed by atoms with Crippen LogP contribution in [0.25, 0.3) is 0 Å². The summed E-state index contributed by atoms with van der Waals surface area (Å²) < 4.78 is 23.6. The second-order valence-electron chi connectivity index (χ2n) is 6.06. The molecule has 25 heavy (non-hydrogen) atoms. The van der Waals surface area contributed by atoms with Crippen molar-refractivity contribution in [2.45, 2.75) is 31.5 Å². The van der Waals surface area contributed by atoms with Gasteiger partial charge in [-0.25, -0.2) is 9.18 Å². The highest BCUT2D eigenvalue weighted by atomic mass is 19.1. The van der Waals surface area contributed by atoms with Crippen LogP contribution in [0, 0.1) is 5.82 Å². The van der Waals surface area contributed by atoms with Crippen LogP contribution in [-0.2, 0) is 11.3 Å². The maximum absolute atomic E-state index is 13.2. The van der Waals surface area contributed by atoms with Gasteiger partial charge in [0.1, 0.15) is 18.2 Å². The summed E-state index contributed by atoms with van der Waals surface area (Å²) in [6, 6.07) is 14.2. The first-order valence-corrected chi connectivity index (χ1v) is 8.21. The standard InChI is InChI=1S/C19H21FN2O3/c1-24-18-9-14(20)7-8-17(18)21-15-10-16(11-15)22-19(23)25-12-13-5-3-2-4-6-13/h2-9,15-16,21H,10-12H2,1H3,(H,22,23). The van der Waals surface area contributed by atoms with Crippen molar-refractivity contribution in [2.75, 3.05) is 12.4 Å². The minimum atomic E-state index is -0.410. The highest BCUT2D eigenvalue weighted by molar-refractivity contribution is 5.68. The van der Waals surface area contributed by atoms with Gasteiger partial charge in [-0.3, -0.25) is 0 Å². The van der Waals surface area contributed by atoms with E-state index in [1.165, 1.54) is 19.2 Å². The normalized spacial score (nSPS) is 18.8. The van der Waals surface area contributed by atoms with E-state index in [0.717, 1.165) is 24.1 Å². The van der Waals surface area contributed by atoms with Crippen molar-refractivity contribution < 1.29 is 18.7 Å². The lowest BCUT2D eigenvalue weighted by Gasteiger charge is -2.36. The monoisotopic (exact) mass is 344 g/mol. The van der Waals surface area contributed by atoms with Gasteiger partial charge in [-0.2, -0.15) is 0 Å². The topological polar surface area (TPSA) is 59.6 Å². The number of carbonyl (C=O) groups excluding carboxylic acids is 1. The summed E-state index contributed by atoms with van der Waals surface area (Å²) in [5, 5.41) is 6.15. The second kappa shape index (κ2) is 7.88. The number of halogens is 1. The third-order valence-electron chi connectivity index (χ3n) is 4.20. The molecule has 0 atom stereocenters. The Labute approximate surface area is 146 Å². The van der Waals surface area contributed by atoms with Gasteiger partial charge in [0.2, 0.25) is 0 Å². The fourth-order valence-corrected chi connectivity index (χ4v) is 2.79. The van der Waals surface area contributed by atoms with E-state index in [4.69, 9.17) is 9.47 Å². The van der Waals surface area contributed by atoms with E-state index in [1.807, 2.05) is 30.3 Å². The highest BCUT2D eigenvalue weighted by Crippen LogP contribution is 2.30. The van der Waals surface area contributed by atoms with Gasteiger partial charge in [-0.05, 0) is 30.5 Å². The molecule has 2 aromatic carbocycles. The summed E-state index contributed by atoms with van der Waals surface area (Å²) in [5.41, 5.74) is 1.70. The molecule has 3 rings (SSSR count). The molecule has 132 valence electrons. The maximum Gasteiger partial charge on any atom is 0.407 e. The third kappa shape index (κ3) is 4.62. The molecule has 6 heteroatoms. The molecule has 0 bridgehead atoms. The molecule has 0 spiro atoms. The fourth-order valence-electron chi connectivity index (χ4n) is 2.79. The van der Waals surface area contributed by atoms with Gasteiger partial charge in [0.15, 0.2) is 0 Å². The van der Waals surface area contributed by atoms with E-state index in [9.17, 15) is 9.18 Å². The molecule has 1 aliphatic carbocycles. The summed E-state index contributed by atoms with van der Waals surface area (Å²) in [6.07, 6.45) is 1.15. The number of hydrogen-bond donors (Lipinski definition) is 2. The summed E-state index contributed by atoms with van der Waals surface area (Å²) >= 11 is 0. The van der Waals surface area contributed by atoms with E-state index < -0.39 is 6.09 Å². The van der Waals surface area contributed by atoms with Crippen LogP contribution in [0.5, 0.6) is 5.75 Å². The lowest BCUT2D eigenvalue weighted by molar-refractivity contribution is 0.129. The van der Waals surface area contributed by atoms with Crippen LogP contribution in [0.3, 0.4) is 0 Å². The van der Waals surface area contributed by atoms with Gasteiger partial charge in [-0.15, -0.1) is 0 Å². The fraction of sp³-hybridized carbons (Fsp3) is 0.316. The van der Waals surface area contributed by atoms with Gasteiger partial charge in [0.25, 0.3) is 0 Å². The number of nitrogens with one attached hydrogen (secondary N) is 2. The summed E-state index contributed by atoms with van der Waals surface area (Å²) in [5.74, 6) is 0.135. The molecule has 2 aromatic rings. The van der Waals surface area contributed by atoms with Crippen molar-refractivity contribution in [3.05, 3.63) is 59.9 Å². The Morgan fingerprint density at radius 3 is 2.64 bits per heavy atom. The van der Waals surface area contributed by atoms with Crippen molar-refractivity contribution in [1.29, 1.82) is 0 Å². The van der Waals surface area contributed by atoms with E-state index in [0.29, 0.717) is 5.75 Å². The van der Waals surface area contributed by atoms with Crippen molar-refractivity contribution in [1.82, 2.24) is 5.32 Å². The minimum absolute atomic E-state index is 0.0761. The molecule has 2 N–H and O–H groups in total. The van der Waals surface area contributed by atoms with Crippen LogP contribution >= 0.6 is 0 Å². The Balaban J connectivity index is 1.40. The molecule has 0 unspecified atom stereocenters. The zero-order chi connectivity index (χ0) is 17.6. The number of methoxy groups -OCH3 is 1. The molecular weight excluding hydrogens is 323 g/mol. The molecule has 0 radical (unpaired) electrons. The lowest BCUT2D eigenvalue weighted by atomic mass is 9.86. The predicted octanol–water partition coefficient (Wildman–Crippen LogP) is 3.70. The van der Waals surface area contributed by atoms with Gasteiger partial charge >= 0.3 is 6.09 Å². The van der Waals surface area contributed by atoms with Gasteiger partial charge in [-0.1, -0.05) is 30.3 Å². The number of anilines is 1. The average Bonchev–Trinajstić information content (AvgIpc) is 2.60. The summed E-state index contributed by atoms with van der Waals surface area (Å²) in [6.45, 7) is 0.258. The predicted molar refractivity (Wildman–Crippen MR) is 93.1 cm³/mol. The van der Waals surface area contributed by atoms with Crippen molar-refractivity contribution in [3.63, 3.8) is 0 Å². The Hall–Kier alpha value is -2.76. The average molecular weight is 344 g/mol. The number of amides is 1. The van der Waals surface area contributed by atoms with Crippen LogP contribution in [-0.4, -0.2) is 25.3 Å². The molecule has 5 nitrogen and oxygen atoms in total. The van der Waals surface area contributed by atoms with E-state index in [2.05, 4.69) is 10.6 Å². The Bertz CT molecular complexity index is 718. The number of hydrogen-bond acceptors (Lipinski definition) is 4. The number of rotatable bonds is 6. The number of benzene rings is 2. The van der Waals surface area contributed by atoms with Crippen LogP contribution in [0.1, 0.15) is 18.4 Å².